The Morgan fingerprint density at radius 3 is 2.96 bits per heavy atom. The van der Waals surface area contributed by atoms with E-state index in [4.69, 9.17) is 0 Å². The van der Waals surface area contributed by atoms with Crippen LogP contribution in [0.2, 0.25) is 0 Å². The first kappa shape index (κ1) is 16.6. The highest BCUT2D eigenvalue weighted by atomic mass is 79.9. The highest BCUT2D eigenvalue weighted by Crippen LogP contribution is 2.30. The summed E-state index contributed by atoms with van der Waals surface area (Å²) < 4.78 is 15.0. The molecule has 0 aliphatic rings. The van der Waals surface area contributed by atoms with Gasteiger partial charge in [0.15, 0.2) is 4.34 Å². The number of thioether (sulfide) groups is 1. The van der Waals surface area contributed by atoms with Gasteiger partial charge in [0.1, 0.15) is 5.82 Å². The summed E-state index contributed by atoms with van der Waals surface area (Å²) in [6.45, 7) is 0. The minimum absolute atomic E-state index is 0.203. The van der Waals surface area contributed by atoms with Crippen LogP contribution in [0, 0.1) is 5.82 Å². The lowest BCUT2D eigenvalue weighted by atomic mass is 10.2. The molecule has 4 nitrogen and oxygen atoms in total. The van der Waals surface area contributed by atoms with Crippen molar-refractivity contribution in [1.29, 1.82) is 0 Å². The maximum atomic E-state index is 13.9. The molecule has 1 amide bonds. The smallest absolute Gasteiger partial charge is 0.267 e. The molecule has 1 N–H and O–H groups in total. The largest absolute Gasteiger partial charge is 0.296 e. The Balaban J connectivity index is 1.61. The van der Waals surface area contributed by atoms with Crippen molar-refractivity contribution in [2.24, 2.45) is 0 Å². The molecule has 2 heterocycles. The molecule has 0 fully saturated rings. The van der Waals surface area contributed by atoms with Gasteiger partial charge in [-0.2, -0.15) is 0 Å². The van der Waals surface area contributed by atoms with Gasteiger partial charge in [-0.15, -0.1) is 21.5 Å². The van der Waals surface area contributed by atoms with Crippen molar-refractivity contribution in [2.75, 3.05) is 5.32 Å². The minimum atomic E-state index is -0.268. The van der Waals surface area contributed by atoms with Crippen LogP contribution >= 0.6 is 50.4 Å². The predicted molar refractivity (Wildman–Crippen MR) is 95.8 cm³/mol. The fourth-order valence-electron chi connectivity index (χ4n) is 1.68. The van der Waals surface area contributed by atoms with Gasteiger partial charge in [-0.3, -0.25) is 10.1 Å². The number of hydrogen-bond donors (Lipinski definition) is 1. The normalized spacial score (nSPS) is 10.7. The summed E-state index contributed by atoms with van der Waals surface area (Å²) in [6.07, 6.45) is 0. The number of thiophene rings is 1. The average molecular weight is 430 g/mol. The number of aromatic nitrogens is 2. The Morgan fingerprint density at radius 2 is 2.17 bits per heavy atom. The van der Waals surface area contributed by atoms with Crippen molar-refractivity contribution in [3.63, 3.8) is 0 Å². The molecule has 118 valence electrons. The Hall–Kier alpha value is -1.29. The molecule has 1 aromatic carbocycles. The van der Waals surface area contributed by atoms with Crippen LogP contribution in [-0.2, 0) is 5.75 Å². The summed E-state index contributed by atoms with van der Waals surface area (Å²) in [6, 6.07) is 8.73. The van der Waals surface area contributed by atoms with Crippen LogP contribution in [0.1, 0.15) is 15.2 Å². The molecule has 0 atom stereocenters. The lowest BCUT2D eigenvalue weighted by Gasteiger charge is -2.02. The molecule has 23 heavy (non-hydrogen) atoms. The quantitative estimate of drug-likeness (QED) is 0.455. The van der Waals surface area contributed by atoms with E-state index in [1.54, 1.807) is 24.3 Å². The van der Waals surface area contributed by atoms with Gasteiger partial charge in [0, 0.05) is 5.75 Å². The predicted octanol–water partition coefficient (Wildman–Crippen LogP) is 5.05. The number of carbonyl (C=O) groups is 1. The van der Waals surface area contributed by atoms with Gasteiger partial charge >= 0.3 is 0 Å². The first-order chi connectivity index (χ1) is 11.1. The van der Waals surface area contributed by atoms with Crippen LogP contribution in [0.4, 0.5) is 9.52 Å². The van der Waals surface area contributed by atoms with Crippen LogP contribution in [0.15, 0.2) is 44.5 Å². The van der Waals surface area contributed by atoms with Crippen LogP contribution in [0.25, 0.3) is 0 Å². The summed E-state index contributed by atoms with van der Waals surface area (Å²) in [5.41, 5.74) is 0.587. The zero-order valence-corrected chi connectivity index (χ0v) is 15.5. The molecule has 0 bridgehead atoms. The van der Waals surface area contributed by atoms with Gasteiger partial charge in [0.25, 0.3) is 5.91 Å². The Bertz CT molecular complexity index is 823. The van der Waals surface area contributed by atoms with Crippen molar-refractivity contribution >= 4 is 61.4 Å². The van der Waals surface area contributed by atoms with Crippen molar-refractivity contribution in [3.05, 3.63) is 56.4 Å². The van der Waals surface area contributed by atoms with E-state index >= 15 is 0 Å². The van der Waals surface area contributed by atoms with E-state index in [1.807, 2.05) is 11.4 Å². The standard InChI is InChI=1S/C14H9BrFN3OS3/c15-9-4-1-3-8(11(9)16)7-22-14-19-18-13(23-14)17-12(20)10-5-2-6-21-10/h1-6H,7H2,(H,17,18,20). The maximum absolute atomic E-state index is 13.9. The fraction of sp³-hybridized carbons (Fsp3) is 0.0714. The Morgan fingerprint density at radius 1 is 1.30 bits per heavy atom. The molecule has 2 aromatic heterocycles. The molecule has 0 spiro atoms. The second-order valence-electron chi connectivity index (χ2n) is 4.31. The van der Waals surface area contributed by atoms with Gasteiger partial charge in [0.2, 0.25) is 5.13 Å². The third-order valence-corrected chi connectivity index (χ3v) is 6.26. The summed E-state index contributed by atoms with van der Waals surface area (Å²) in [5, 5.41) is 12.9. The number of hydrogen-bond acceptors (Lipinski definition) is 6. The van der Waals surface area contributed by atoms with Crippen molar-refractivity contribution in [1.82, 2.24) is 10.2 Å². The summed E-state index contributed by atoms with van der Waals surface area (Å²) in [5.74, 6) is -0.0276. The zero-order chi connectivity index (χ0) is 16.2. The van der Waals surface area contributed by atoms with Crippen LogP contribution in [0.3, 0.4) is 0 Å². The monoisotopic (exact) mass is 429 g/mol. The van der Waals surface area contributed by atoms with E-state index in [0.717, 1.165) is 0 Å². The molecule has 0 aliphatic carbocycles. The Kier molecular flexibility index (Phi) is 5.42. The lowest BCUT2D eigenvalue weighted by molar-refractivity contribution is 0.103. The Labute approximate surface area is 152 Å². The van der Waals surface area contributed by atoms with E-state index < -0.39 is 0 Å². The van der Waals surface area contributed by atoms with Crippen molar-refractivity contribution in [3.8, 4) is 0 Å². The first-order valence-electron chi connectivity index (χ1n) is 6.37. The highest BCUT2D eigenvalue weighted by Gasteiger charge is 2.12. The number of nitrogens with zero attached hydrogens (tertiary/aromatic N) is 2. The lowest BCUT2D eigenvalue weighted by Crippen LogP contribution is -2.09. The molecule has 0 saturated heterocycles. The van der Waals surface area contributed by atoms with Gasteiger partial charge in [-0.05, 0) is 39.0 Å². The summed E-state index contributed by atoms with van der Waals surface area (Å²) in [4.78, 5) is 12.5. The van der Waals surface area contributed by atoms with Gasteiger partial charge < -0.3 is 0 Å². The minimum Gasteiger partial charge on any atom is -0.296 e. The molecule has 9 heteroatoms. The molecular weight excluding hydrogens is 421 g/mol. The first-order valence-corrected chi connectivity index (χ1v) is 9.85. The van der Waals surface area contributed by atoms with Crippen LogP contribution in [0.5, 0.6) is 0 Å². The number of anilines is 1. The topological polar surface area (TPSA) is 54.9 Å². The molecule has 0 saturated carbocycles. The second-order valence-corrected chi connectivity index (χ2v) is 8.31. The van der Waals surface area contributed by atoms with E-state index in [2.05, 4.69) is 31.4 Å². The molecular formula is C14H9BrFN3OS3. The third-order valence-electron chi connectivity index (χ3n) is 2.75. The van der Waals surface area contributed by atoms with E-state index in [-0.39, 0.29) is 11.7 Å². The van der Waals surface area contributed by atoms with Crippen LogP contribution < -0.4 is 5.32 Å². The number of nitrogens with one attached hydrogen (secondary N) is 1. The molecule has 3 aromatic rings. The second kappa shape index (κ2) is 7.52. The number of amides is 1. The van der Waals surface area contributed by atoms with Gasteiger partial charge in [0.05, 0.1) is 9.35 Å². The van der Waals surface area contributed by atoms with Crippen molar-refractivity contribution in [2.45, 2.75) is 10.1 Å². The SMILES string of the molecule is O=C(Nc1nnc(SCc2cccc(Br)c2F)s1)c1cccs1. The molecule has 0 unspecified atom stereocenters. The summed E-state index contributed by atoms with van der Waals surface area (Å²) >= 11 is 7.17. The third kappa shape index (κ3) is 4.17. The van der Waals surface area contributed by atoms with E-state index in [0.29, 0.717) is 30.1 Å². The van der Waals surface area contributed by atoms with Crippen LogP contribution in [-0.4, -0.2) is 16.1 Å². The maximum Gasteiger partial charge on any atom is 0.267 e. The van der Waals surface area contributed by atoms with Gasteiger partial charge in [-0.1, -0.05) is 41.3 Å². The van der Waals surface area contributed by atoms with Gasteiger partial charge in [-0.25, -0.2) is 4.39 Å². The molecule has 0 aliphatic heterocycles. The highest BCUT2D eigenvalue weighted by molar-refractivity contribution is 9.10. The molecule has 3 rings (SSSR count). The molecule has 0 radical (unpaired) electrons. The fourth-order valence-corrected chi connectivity index (χ4v) is 4.43. The van der Waals surface area contributed by atoms with Crippen molar-refractivity contribution < 1.29 is 9.18 Å². The number of benzene rings is 1. The number of halogens is 2. The zero-order valence-electron chi connectivity index (χ0n) is 11.5. The summed E-state index contributed by atoms with van der Waals surface area (Å²) in [7, 11) is 0. The number of rotatable bonds is 5. The van der Waals surface area contributed by atoms with E-state index in [9.17, 15) is 9.18 Å². The van der Waals surface area contributed by atoms with E-state index in [1.165, 1.54) is 34.4 Å². The number of carbonyl (C=O) groups excluding carboxylic acids is 1. The average Bonchev–Trinajstić information content (AvgIpc) is 3.20.